The van der Waals surface area contributed by atoms with Gasteiger partial charge in [-0.05, 0) is 36.3 Å². The van der Waals surface area contributed by atoms with Crippen LogP contribution < -0.4 is 5.56 Å². The number of halogens is 1. The van der Waals surface area contributed by atoms with Crippen molar-refractivity contribution in [1.82, 2.24) is 14.5 Å². The molecule has 0 aliphatic carbocycles. The highest BCUT2D eigenvalue weighted by Gasteiger charge is 2.13. The maximum absolute atomic E-state index is 12.2. The SMILES string of the molecule is COC(=O)c1cc(/C=C(\Cl)c2nc3c(C)cccc3c(=O)[nH]2)cn1C. The molecule has 0 atom stereocenters. The van der Waals surface area contributed by atoms with Gasteiger partial charge in [0.25, 0.3) is 5.56 Å². The highest BCUT2D eigenvalue weighted by molar-refractivity contribution is 6.50. The summed E-state index contributed by atoms with van der Waals surface area (Å²) >= 11 is 6.34. The van der Waals surface area contributed by atoms with Crippen molar-refractivity contribution in [3.05, 3.63) is 63.5 Å². The number of H-pyrrole nitrogens is 1. The molecule has 0 spiro atoms. The Morgan fingerprint density at radius 3 is 2.88 bits per heavy atom. The molecule has 128 valence electrons. The van der Waals surface area contributed by atoms with E-state index in [9.17, 15) is 9.59 Å². The summed E-state index contributed by atoms with van der Waals surface area (Å²) in [6.45, 7) is 1.88. The van der Waals surface area contributed by atoms with E-state index in [-0.39, 0.29) is 16.4 Å². The third kappa shape index (κ3) is 3.21. The molecule has 2 aromatic heterocycles. The molecular formula is C18H16ClN3O3. The summed E-state index contributed by atoms with van der Waals surface area (Å²) in [5.74, 6) is -0.164. The quantitative estimate of drug-likeness (QED) is 0.731. The molecule has 6 nitrogen and oxygen atoms in total. The van der Waals surface area contributed by atoms with E-state index in [1.807, 2.05) is 19.1 Å². The summed E-state index contributed by atoms with van der Waals surface area (Å²) in [6, 6.07) is 7.06. The Balaban J connectivity index is 2.06. The van der Waals surface area contributed by atoms with Gasteiger partial charge in [-0.15, -0.1) is 0 Å². The smallest absolute Gasteiger partial charge is 0.354 e. The van der Waals surface area contributed by atoms with E-state index >= 15 is 0 Å². The van der Waals surface area contributed by atoms with Crippen LogP contribution in [0.2, 0.25) is 0 Å². The van der Waals surface area contributed by atoms with E-state index in [0.29, 0.717) is 22.2 Å². The van der Waals surface area contributed by atoms with Crippen molar-refractivity contribution in [2.75, 3.05) is 7.11 Å². The van der Waals surface area contributed by atoms with Crippen molar-refractivity contribution in [3.63, 3.8) is 0 Å². The van der Waals surface area contributed by atoms with E-state index in [2.05, 4.69) is 9.97 Å². The molecule has 1 N–H and O–H groups in total. The molecule has 7 heteroatoms. The number of methoxy groups -OCH3 is 1. The van der Waals surface area contributed by atoms with Gasteiger partial charge in [0.05, 0.1) is 23.0 Å². The van der Waals surface area contributed by atoms with Crippen LogP contribution in [0.1, 0.15) is 27.4 Å². The molecule has 0 saturated carbocycles. The zero-order chi connectivity index (χ0) is 18.1. The summed E-state index contributed by atoms with van der Waals surface area (Å²) in [5, 5.41) is 0.783. The number of nitrogens with zero attached hydrogens (tertiary/aromatic N) is 2. The number of benzene rings is 1. The fourth-order valence-electron chi connectivity index (χ4n) is 2.61. The highest BCUT2D eigenvalue weighted by Crippen LogP contribution is 2.22. The number of hydrogen-bond acceptors (Lipinski definition) is 4. The van der Waals surface area contributed by atoms with Crippen molar-refractivity contribution in [2.24, 2.45) is 7.05 Å². The minimum atomic E-state index is -0.439. The molecule has 0 fully saturated rings. The monoisotopic (exact) mass is 357 g/mol. The van der Waals surface area contributed by atoms with Crippen LogP contribution in [-0.2, 0) is 11.8 Å². The molecule has 0 radical (unpaired) electrons. The van der Waals surface area contributed by atoms with Crippen LogP contribution in [-0.4, -0.2) is 27.6 Å². The zero-order valence-electron chi connectivity index (χ0n) is 14.0. The molecule has 3 rings (SSSR count). The number of carbonyl (C=O) groups is 1. The largest absolute Gasteiger partial charge is 0.464 e. The predicted octanol–water partition coefficient (Wildman–Crippen LogP) is 3.09. The van der Waals surface area contributed by atoms with Crippen LogP contribution >= 0.6 is 11.6 Å². The second kappa shape index (κ2) is 6.57. The van der Waals surface area contributed by atoms with E-state index in [0.717, 1.165) is 5.56 Å². The first kappa shape index (κ1) is 17.0. The van der Waals surface area contributed by atoms with Crippen LogP contribution in [0.4, 0.5) is 0 Å². The highest BCUT2D eigenvalue weighted by atomic mass is 35.5. The molecular weight excluding hydrogens is 342 g/mol. The molecule has 0 saturated heterocycles. The number of para-hydroxylation sites is 1. The number of aryl methyl sites for hydroxylation is 2. The van der Waals surface area contributed by atoms with E-state index in [1.165, 1.54) is 7.11 Å². The first-order chi connectivity index (χ1) is 11.9. The van der Waals surface area contributed by atoms with Crippen molar-refractivity contribution in [1.29, 1.82) is 0 Å². The maximum atomic E-state index is 12.2. The number of rotatable bonds is 3. The lowest BCUT2D eigenvalue weighted by Crippen LogP contribution is -2.11. The number of esters is 1. The lowest BCUT2D eigenvalue weighted by Gasteiger charge is -2.04. The van der Waals surface area contributed by atoms with Gasteiger partial charge in [-0.25, -0.2) is 9.78 Å². The Kier molecular flexibility index (Phi) is 4.46. The molecule has 0 unspecified atom stereocenters. The van der Waals surface area contributed by atoms with Gasteiger partial charge in [0.1, 0.15) is 5.69 Å². The van der Waals surface area contributed by atoms with Crippen molar-refractivity contribution in [2.45, 2.75) is 6.92 Å². The van der Waals surface area contributed by atoms with Gasteiger partial charge in [-0.1, -0.05) is 23.7 Å². The second-order valence-electron chi connectivity index (χ2n) is 5.64. The third-order valence-corrected chi connectivity index (χ3v) is 4.17. The van der Waals surface area contributed by atoms with Crippen LogP contribution in [0.3, 0.4) is 0 Å². The molecule has 0 bridgehead atoms. The Morgan fingerprint density at radius 2 is 2.16 bits per heavy atom. The van der Waals surface area contributed by atoms with Crippen LogP contribution in [0.25, 0.3) is 22.0 Å². The van der Waals surface area contributed by atoms with Gasteiger partial charge in [-0.3, -0.25) is 4.79 Å². The van der Waals surface area contributed by atoms with Gasteiger partial charge in [-0.2, -0.15) is 0 Å². The summed E-state index contributed by atoms with van der Waals surface area (Å²) in [5.41, 5.74) is 2.34. The topological polar surface area (TPSA) is 77.0 Å². The average Bonchev–Trinajstić information content (AvgIpc) is 2.95. The predicted molar refractivity (Wildman–Crippen MR) is 97.6 cm³/mol. The normalized spacial score (nSPS) is 11.8. The first-order valence-electron chi connectivity index (χ1n) is 7.52. The summed E-state index contributed by atoms with van der Waals surface area (Å²) in [6.07, 6.45) is 3.37. The molecule has 3 aromatic rings. The Bertz CT molecular complexity index is 1060. The summed E-state index contributed by atoms with van der Waals surface area (Å²) in [7, 11) is 3.06. The fourth-order valence-corrected chi connectivity index (χ4v) is 2.83. The Hall–Kier alpha value is -2.86. The van der Waals surface area contributed by atoms with Crippen molar-refractivity contribution in [3.8, 4) is 0 Å². The minimum Gasteiger partial charge on any atom is -0.464 e. The Morgan fingerprint density at radius 1 is 1.40 bits per heavy atom. The number of aromatic nitrogens is 3. The molecule has 0 aliphatic heterocycles. The van der Waals surface area contributed by atoms with Crippen LogP contribution in [0.15, 0.2) is 35.3 Å². The number of nitrogens with one attached hydrogen (secondary N) is 1. The molecule has 0 aliphatic rings. The molecule has 0 amide bonds. The number of hydrogen-bond donors (Lipinski definition) is 1. The van der Waals surface area contributed by atoms with E-state index in [4.69, 9.17) is 16.3 Å². The summed E-state index contributed by atoms with van der Waals surface area (Å²) in [4.78, 5) is 31.1. The molecule has 2 heterocycles. The number of carbonyl (C=O) groups excluding carboxylic acids is 1. The fraction of sp³-hybridized carbons (Fsp3) is 0.167. The lowest BCUT2D eigenvalue weighted by atomic mass is 10.1. The maximum Gasteiger partial charge on any atom is 0.354 e. The van der Waals surface area contributed by atoms with Crippen molar-refractivity contribution < 1.29 is 9.53 Å². The average molecular weight is 358 g/mol. The van der Waals surface area contributed by atoms with Crippen molar-refractivity contribution >= 4 is 39.6 Å². The summed E-state index contributed by atoms with van der Waals surface area (Å²) < 4.78 is 6.37. The van der Waals surface area contributed by atoms with E-state index in [1.54, 1.807) is 36.0 Å². The zero-order valence-corrected chi connectivity index (χ0v) is 14.7. The van der Waals surface area contributed by atoms with Gasteiger partial charge >= 0.3 is 5.97 Å². The number of aromatic amines is 1. The second-order valence-corrected chi connectivity index (χ2v) is 6.05. The lowest BCUT2D eigenvalue weighted by molar-refractivity contribution is 0.0590. The minimum absolute atomic E-state index is 0.251. The van der Waals surface area contributed by atoms with Gasteiger partial charge in [0.15, 0.2) is 5.82 Å². The van der Waals surface area contributed by atoms with E-state index < -0.39 is 5.97 Å². The van der Waals surface area contributed by atoms with Crippen LogP contribution in [0, 0.1) is 6.92 Å². The van der Waals surface area contributed by atoms with Gasteiger partial charge < -0.3 is 14.3 Å². The first-order valence-corrected chi connectivity index (χ1v) is 7.90. The molecule has 25 heavy (non-hydrogen) atoms. The van der Waals surface area contributed by atoms with Gasteiger partial charge in [0.2, 0.25) is 0 Å². The van der Waals surface area contributed by atoms with Crippen LogP contribution in [0.5, 0.6) is 0 Å². The third-order valence-electron chi connectivity index (χ3n) is 3.88. The standard InChI is InChI=1S/C18H16ClN3O3/c1-10-5-4-6-12-15(10)20-16(21-17(12)23)13(19)7-11-8-14(18(24)25-3)22(2)9-11/h4-9H,1-3H3,(H,20,21,23)/b13-7-. The van der Waals surface area contributed by atoms with Gasteiger partial charge in [0, 0.05) is 13.2 Å². The molecule has 1 aromatic carbocycles. The number of ether oxygens (including phenoxy) is 1. The Labute approximate surface area is 148 Å². The number of fused-ring (bicyclic) bond motifs is 1.